The van der Waals surface area contributed by atoms with E-state index < -0.39 is 71.8 Å². The highest BCUT2D eigenvalue weighted by Gasteiger charge is 2.26. The molecular weight excluding hydrogens is 339 g/mol. The van der Waals surface area contributed by atoms with Crippen molar-refractivity contribution in [1.82, 2.24) is 4.90 Å². The molecule has 0 saturated carbocycles. The summed E-state index contributed by atoms with van der Waals surface area (Å²) in [5, 5.41) is 0. The smallest absolute Gasteiger partial charge is 0.410 e. The highest BCUT2D eigenvalue weighted by atomic mass is 79.9. The zero-order valence-electron chi connectivity index (χ0n) is 22.5. The first-order valence-electron chi connectivity index (χ1n) is 11.3. The molecule has 1 amide bonds. The average molecular weight is 370 g/mol. The predicted octanol–water partition coefficient (Wildman–Crippen LogP) is 3.65. The van der Waals surface area contributed by atoms with Gasteiger partial charge >= 0.3 is 6.09 Å². The van der Waals surface area contributed by atoms with E-state index in [9.17, 15) is 9.18 Å². The van der Waals surface area contributed by atoms with Crippen LogP contribution in [-0.4, -0.2) is 42.6 Å². The Kier molecular flexibility index (Phi) is 2.03. The standard InChI is InChI=1S/C15H20BrFN2O2/c1-15(2,3)21-14(20)19-6-4-18(5-7-19)13-9-11(16)8-12(17)10-13/h8-10H,4-7H2,1-3H3/i4D2,5D2,6D2,7D2,8D,9D,10D. The molecule has 0 unspecified atom stereocenters. The number of anilines is 1. The third-order valence-corrected chi connectivity index (χ3v) is 2.42. The first-order chi connectivity index (χ1) is 14.0. The molecule has 1 fully saturated rings. The van der Waals surface area contributed by atoms with Gasteiger partial charge in [0.15, 0.2) is 0 Å². The zero-order chi connectivity index (χ0) is 25.4. The van der Waals surface area contributed by atoms with Gasteiger partial charge in [-0.2, -0.15) is 0 Å². The molecule has 6 heteroatoms. The number of carbonyl (C=O) groups is 1. The fourth-order valence-corrected chi connectivity index (χ4v) is 1.64. The van der Waals surface area contributed by atoms with Crippen molar-refractivity contribution < 1.29 is 29.0 Å². The van der Waals surface area contributed by atoms with E-state index in [2.05, 4.69) is 15.9 Å². The lowest BCUT2D eigenvalue weighted by Gasteiger charge is -2.36. The largest absolute Gasteiger partial charge is 0.444 e. The molecule has 116 valence electrons. The minimum atomic E-state index is -3.64. The molecule has 1 saturated heterocycles. The predicted molar refractivity (Wildman–Crippen MR) is 84.1 cm³/mol. The van der Waals surface area contributed by atoms with Gasteiger partial charge in [-0.1, -0.05) is 15.9 Å². The monoisotopic (exact) mass is 369 g/mol. The Bertz CT molecular complexity index is 911. The van der Waals surface area contributed by atoms with E-state index in [4.69, 9.17) is 19.8 Å². The van der Waals surface area contributed by atoms with Crippen LogP contribution >= 0.6 is 15.9 Å². The maximum atomic E-state index is 14.4. The van der Waals surface area contributed by atoms with Crippen molar-refractivity contribution in [2.24, 2.45) is 0 Å². The second kappa shape index (κ2) is 6.22. The molecule has 0 aliphatic carbocycles. The van der Waals surface area contributed by atoms with Gasteiger partial charge in [0, 0.05) is 36.1 Å². The molecule has 0 N–H and O–H groups in total. The Morgan fingerprint density at radius 2 is 1.95 bits per heavy atom. The molecule has 0 atom stereocenters. The lowest BCUT2D eigenvalue weighted by Crippen LogP contribution is -2.50. The summed E-state index contributed by atoms with van der Waals surface area (Å²) in [6.07, 6.45) is -1.69. The van der Waals surface area contributed by atoms with Crippen LogP contribution < -0.4 is 4.90 Å². The first kappa shape index (κ1) is 6.86. The normalized spacial score (nSPS) is 33.3. The summed E-state index contributed by atoms with van der Waals surface area (Å²) in [6.45, 7) is -10.4. The lowest BCUT2D eigenvalue weighted by molar-refractivity contribution is 0.0240. The van der Waals surface area contributed by atoms with Crippen LogP contribution in [0.4, 0.5) is 14.9 Å². The van der Waals surface area contributed by atoms with Gasteiger partial charge in [0.25, 0.3) is 0 Å². The van der Waals surface area contributed by atoms with Crippen molar-refractivity contribution in [3.8, 4) is 0 Å². The fraction of sp³-hybridized carbons (Fsp3) is 0.533. The number of hydrogen-bond donors (Lipinski definition) is 0. The second-order valence-electron chi connectivity index (χ2n) is 4.95. The molecule has 0 radical (unpaired) electrons. The summed E-state index contributed by atoms with van der Waals surface area (Å²) in [6, 6.07) is -3.19. The first-order valence-corrected chi connectivity index (χ1v) is 6.62. The number of ether oxygens (including phenoxy) is 1. The van der Waals surface area contributed by atoms with Gasteiger partial charge in [-0.3, -0.25) is 0 Å². The van der Waals surface area contributed by atoms with Crippen LogP contribution in [0.5, 0.6) is 0 Å². The molecule has 0 bridgehead atoms. The van der Waals surface area contributed by atoms with E-state index in [1.54, 1.807) is 0 Å². The third kappa shape index (κ3) is 4.59. The van der Waals surface area contributed by atoms with Gasteiger partial charge in [0.1, 0.15) is 11.4 Å². The highest BCUT2D eigenvalue weighted by Crippen LogP contribution is 2.23. The van der Waals surface area contributed by atoms with Crippen LogP contribution in [0, 0.1) is 5.82 Å². The molecule has 0 aromatic heterocycles. The van der Waals surface area contributed by atoms with Crippen LogP contribution in [0.15, 0.2) is 22.6 Å². The number of halogens is 2. The van der Waals surface area contributed by atoms with Crippen molar-refractivity contribution in [3.63, 3.8) is 0 Å². The van der Waals surface area contributed by atoms with E-state index in [-0.39, 0.29) is 9.80 Å². The van der Waals surface area contributed by atoms with Crippen molar-refractivity contribution in [2.45, 2.75) is 26.4 Å². The van der Waals surface area contributed by atoms with Crippen LogP contribution in [0.1, 0.15) is 35.8 Å². The number of hydrogen-bond acceptors (Lipinski definition) is 3. The SMILES string of the molecule is [2H]c1c(F)c([2H])c(N2C([2H])([2H])C([2H])([2H])N(C(=O)OC(C)(C)C)C([2H])([2H])C2([2H])[2H])c([2H])c1Br. The summed E-state index contributed by atoms with van der Waals surface area (Å²) in [4.78, 5) is 12.1. The topological polar surface area (TPSA) is 32.8 Å². The van der Waals surface area contributed by atoms with Crippen molar-refractivity contribution >= 4 is 27.7 Å². The van der Waals surface area contributed by atoms with Gasteiger partial charge in [0.2, 0.25) is 0 Å². The van der Waals surface area contributed by atoms with Crippen molar-refractivity contribution in [2.75, 3.05) is 30.9 Å². The quantitative estimate of drug-likeness (QED) is 0.757. The highest BCUT2D eigenvalue weighted by molar-refractivity contribution is 9.10. The van der Waals surface area contributed by atoms with E-state index in [1.807, 2.05) is 0 Å². The Morgan fingerprint density at radius 1 is 1.33 bits per heavy atom. The molecule has 21 heavy (non-hydrogen) atoms. The number of amides is 1. The Hall–Kier alpha value is -1.30. The van der Waals surface area contributed by atoms with Gasteiger partial charge in [-0.05, 0) is 38.9 Å². The summed E-state index contributed by atoms with van der Waals surface area (Å²) in [5.74, 6) is -1.56. The summed E-state index contributed by atoms with van der Waals surface area (Å²) in [7, 11) is 0. The molecule has 0 spiro atoms. The van der Waals surface area contributed by atoms with Gasteiger partial charge in [0.05, 0.1) is 15.1 Å². The van der Waals surface area contributed by atoms with E-state index in [0.29, 0.717) is 0 Å². The third-order valence-electron chi connectivity index (χ3n) is 2.02. The van der Waals surface area contributed by atoms with E-state index >= 15 is 0 Å². The van der Waals surface area contributed by atoms with E-state index in [1.165, 1.54) is 20.8 Å². The minimum Gasteiger partial charge on any atom is -0.444 e. The summed E-state index contributed by atoms with van der Waals surface area (Å²) in [5.41, 5.74) is -2.41. The van der Waals surface area contributed by atoms with E-state index in [0.717, 1.165) is 0 Å². The number of nitrogens with zero attached hydrogens (tertiary/aromatic N) is 2. The Labute approximate surface area is 148 Å². The minimum absolute atomic E-state index is 0.210. The zero-order valence-corrected chi connectivity index (χ0v) is 13.1. The van der Waals surface area contributed by atoms with Crippen molar-refractivity contribution in [3.05, 3.63) is 28.4 Å². The molecular formula is C15H20BrFN2O2. The maximum Gasteiger partial charge on any atom is 0.410 e. The number of benzene rings is 1. The molecule has 2 rings (SSSR count). The van der Waals surface area contributed by atoms with Crippen LogP contribution in [0.2, 0.25) is 0 Å². The van der Waals surface area contributed by atoms with Gasteiger partial charge in [-0.25, -0.2) is 9.18 Å². The number of rotatable bonds is 1. The van der Waals surface area contributed by atoms with Crippen LogP contribution in [0.3, 0.4) is 0 Å². The molecule has 1 aromatic rings. The second-order valence-corrected chi connectivity index (χ2v) is 5.74. The number of piperazine rings is 1. The number of carbonyl (C=O) groups excluding carboxylic acids is 1. The Morgan fingerprint density at radius 3 is 2.52 bits per heavy atom. The fourth-order valence-electron chi connectivity index (χ4n) is 1.28. The van der Waals surface area contributed by atoms with Gasteiger partial charge in [-0.15, -0.1) is 0 Å². The van der Waals surface area contributed by atoms with Gasteiger partial charge < -0.3 is 14.5 Å². The maximum absolute atomic E-state index is 14.4. The lowest BCUT2D eigenvalue weighted by atomic mass is 10.2. The van der Waals surface area contributed by atoms with Crippen molar-refractivity contribution in [1.29, 1.82) is 0 Å². The summed E-state index contributed by atoms with van der Waals surface area (Å²) < 4.78 is 109. The molecule has 1 aromatic carbocycles. The average Bonchev–Trinajstić information content (AvgIpc) is 2.58. The van der Waals surface area contributed by atoms with Crippen LogP contribution in [0.25, 0.3) is 0 Å². The molecule has 1 aliphatic heterocycles. The summed E-state index contributed by atoms with van der Waals surface area (Å²) >= 11 is 2.74. The molecule has 1 aliphatic rings. The van der Waals surface area contributed by atoms with Crippen LogP contribution in [-0.2, 0) is 4.74 Å². The molecule has 1 heterocycles. The molecule has 4 nitrogen and oxygen atoms in total. The Balaban J connectivity index is 2.89.